The Kier molecular flexibility index (Phi) is 7.94. The normalized spacial score (nSPS) is 11.8. The average molecular weight is 505 g/mol. The number of carbonyl (C=O) groups is 2. The van der Waals surface area contributed by atoms with Gasteiger partial charge >= 0.3 is 5.97 Å². The van der Waals surface area contributed by atoms with E-state index in [1.54, 1.807) is 24.3 Å². The molecule has 182 valence electrons. The van der Waals surface area contributed by atoms with Gasteiger partial charge in [-0.3, -0.25) is 4.79 Å². The smallest absolute Gasteiger partial charge is 0.338 e. The number of hydrogen-bond donors (Lipinski definition) is 3. The summed E-state index contributed by atoms with van der Waals surface area (Å²) in [5.41, 5.74) is 2.35. The highest BCUT2D eigenvalue weighted by Gasteiger charge is 2.14. The Balaban J connectivity index is 1.46. The number of aromatic nitrogens is 6. The van der Waals surface area contributed by atoms with E-state index in [1.165, 1.54) is 29.5 Å². The Labute approximate surface area is 210 Å². The predicted octanol–water partition coefficient (Wildman–Crippen LogP) is 2.66. The van der Waals surface area contributed by atoms with Crippen molar-refractivity contribution >= 4 is 35.5 Å². The molecule has 4 aromatic rings. The molecule has 0 aliphatic carbocycles. The molecule has 11 nitrogen and oxygen atoms in total. The first-order chi connectivity index (χ1) is 17.5. The molecule has 0 aliphatic rings. The Bertz CT molecular complexity index is 1350. The highest BCUT2D eigenvalue weighted by atomic mass is 35.5. The second kappa shape index (κ2) is 11.7. The number of aromatic carboxylic acids is 1. The van der Waals surface area contributed by atoms with Gasteiger partial charge < -0.3 is 15.7 Å². The standard InChI is InChI=1S/C24H21ClN8O3/c25-19-7-8-21(33-15-29-31-32-33)17(11-19)6-9-22(34)30-20(10-16-4-2-1-3-5-16)14-28-24-26-12-18(13-27-24)23(35)36/h1-9,11-13,15,20H,10,14H2,(H,30,34)(H,35,36)(H,26,27,28)/b9-6+. The molecule has 0 spiro atoms. The molecule has 0 saturated carbocycles. The van der Waals surface area contributed by atoms with Gasteiger partial charge in [0.1, 0.15) is 6.33 Å². The van der Waals surface area contributed by atoms with Crippen molar-refractivity contribution in [1.82, 2.24) is 35.5 Å². The number of carbonyl (C=O) groups excluding carboxylic acids is 1. The third kappa shape index (κ3) is 6.70. The van der Waals surface area contributed by atoms with Crippen molar-refractivity contribution in [2.24, 2.45) is 0 Å². The summed E-state index contributed by atoms with van der Waals surface area (Å²) in [6, 6.07) is 14.6. The van der Waals surface area contributed by atoms with Crippen LogP contribution in [0.25, 0.3) is 11.8 Å². The molecule has 0 saturated heterocycles. The number of tetrazole rings is 1. The molecule has 1 amide bonds. The van der Waals surface area contributed by atoms with Crippen LogP contribution in [0, 0.1) is 0 Å². The van der Waals surface area contributed by atoms with Gasteiger partial charge in [0.2, 0.25) is 11.9 Å². The van der Waals surface area contributed by atoms with Crippen LogP contribution in [0.2, 0.25) is 5.02 Å². The van der Waals surface area contributed by atoms with E-state index in [-0.39, 0.29) is 23.5 Å². The number of hydrogen-bond acceptors (Lipinski definition) is 8. The molecule has 0 aliphatic heterocycles. The number of benzene rings is 2. The number of amides is 1. The van der Waals surface area contributed by atoms with Crippen molar-refractivity contribution in [3.8, 4) is 5.69 Å². The van der Waals surface area contributed by atoms with Gasteiger partial charge in [-0.05, 0) is 46.7 Å². The van der Waals surface area contributed by atoms with Gasteiger partial charge in [-0.1, -0.05) is 41.9 Å². The summed E-state index contributed by atoms with van der Waals surface area (Å²) in [4.78, 5) is 31.9. The number of carboxylic acids is 1. The summed E-state index contributed by atoms with van der Waals surface area (Å²) in [6.45, 7) is 0.313. The summed E-state index contributed by atoms with van der Waals surface area (Å²) in [6.07, 6.45) is 7.49. The molecule has 2 heterocycles. The maximum Gasteiger partial charge on any atom is 0.338 e. The maximum atomic E-state index is 12.8. The average Bonchev–Trinajstić information content (AvgIpc) is 3.42. The summed E-state index contributed by atoms with van der Waals surface area (Å²) in [5, 5.41) is 26.7. The molecular weight excluding hydrogens is 484 g/mol. The van der Waals surface area contributed by atoms with E-state index in [0.29, 0.717) is 29.2 Å². The van der Waals surface area contributed by atoms with Gasteiger partial charge in [-0.15, -0.1) is 5.10 Å². The van der Waals surface area contributed by atoms with Crippen LogP contribution in [0.4, 0.5) is 5.95 Å². The highest BCUT2D eigenvalue weighted by Crippen LogP contribution is 2.20. The fraction of sp³-hybridized carbons (Fsp3) is 0.125. The molecule has 36 heavy (non-hydrogen) atoms. The number of nitrogens with one attached hydrogen (secondary N) is 2. The lowest BCUT2D eigenvalue weighted by Crippen LogP contribution is -2.40. The first-order valence-corrected chi connectivity index (χ1v) is 11.2. The largest absolute Gasteiger partial charge is 0.478 e. The minimum atomic E-state index is -1.11. The topological polar surface area (TPSA) is 148 Å². The molecular formula is C24H21ClN8O3. The minimum Gasteiger partial charge on any atom is -0.478 e. The molecule has 1 unspecified atom stereocenters. The zero-order valence-corrected chi connectivity index (χ0v) is 19.6. The molecule has 0 fully saturated rings. The van der Waals surface area contributed by atoms with E-state index in [4.69, 9.17) is 16.7 Å². The first kappa shape index (κ1) is 24.5. The molecule has 2 aromatic heterocycles. The Morgan fingerprint density at radius 2 is 1.89 bits per heavy atom. The number of rotatable bonds is 10. The van der Waals surface area contributed by atoms with Crippen LogP contribution >= 0.6 is 11.6 Å². The van der Waals surface area contributed by atoms with Crippen molar-refractivity contribution in [3.63, 3.8) is 0 Å². The van der Waals surface area contributed by atoms with Crippen LogP contribution in [0.5, 0.6) is 0 Å². The number of carboxylic acid groups (broad SMARTS) is 1. The lowest BCUT2D eigenvalue weighted by Gasteiger charge is -2.19. The molecule has 2 aromatic carbocycles. The zero-order chi connectivity index (χ0) is 25.3. The van der Waals surface area contributed by atoms with E-state index in [1.807, 2.05) is 30.3 Å². The van der Waals surface area contributed by atoms with Crippen LogP contribution in [-0.2, 0) is 11.2 Å². The van der Waals surface area contributed by atoms with Gasteiger partial charge in [-0.2, -0.15) is 4.68 Å². The Morgan fingerprint density at radius 3 is 2.58 bits per heavy atom. The van der Waals surface area contributed by atoms with E-state index in [0.717, 1.165) is 5.56 Å². The van der Waals surface area contributed by atoms with Crippen molar-refractivity contribution in [2.45, 2.75) is 12.5 Å². The third-order valence-electron chi connectivity index (χ3n) is 5.08. The number of anilines is 1. The highest BCUT2D eigenvalue weighted by molar-refractivity contribution is 6.30. The summed E-state index contributed by atoms with van der Waals surface area (Å²) >= 11 is 6.15. The molecule has 3 N–H and O–H groups in total. The van der Waals surface area contributed by atoms with Gasteiger partial charge in [0.15, 0.2) is 0 Å². The van der Waals surface area contributed by atoms with Gasteiger partial charge in [0.05, 0.1) is 17.3 Å². The van der Waals surface area contributed by atoms with Crippen molar-refractivity contribution in [2.75, 3.05) is 11.9 Å². The number of halogens is 1. The molecule has 4 rings (SSSR count). The quantitative estimate of drug-likeness (QED) is 0.277. The summed E-state index contributed by atoms with van der Waals surface area (Å²) in [7, 11) is 0. The molecule has 0 bridgehead atoms. The monoisotopic (exact) mass is 504 g/mol. The maximum absolute atomic E-state index is 12.8. The Morgan fingerprint density at radius 1 is 1.11 bits per heavy atom. The van der Waals surface area contributed by atoms with Gasteiger partial charge in [-0.25, -0.2) is 14.8 Å². The van der Waals surface area contributed by atoms with E-state index < -0.39 is 5.97 Å². The van der Waals surface area contributed by atoms with Crippen LogP contribution in [0.15, 0.2) is 73.3 Å². The molecule has 12 heteroatoms. The van der Waals surface area contributed by atoms with Crippen LogP contribution < -0.4 is 10.6 Å². The first-order valence-electron chi connectivity index (χ1n) is 10.8. The second-order valence-electron chi connectivity index (χ2n) is 7.67. The predicted molar refractivity (Wildman–Crippen MR) is 133 cm³/mol. The van der Waals surface area contributed by atoms with E-state index in [9.17, 15) is 9.59 Å². The fourth-order valence-electron chi connectivity index (χ4n) is 3.37. The fourth-order valence-corrected chi connectivity index (χ4v) is 3.55. The van der Waals surface area contributed by atoms with E-state index >= 15 is 0 Å². The van der Waals surface area contributed by atoms with Crippen molar-refractivity contribution in [1.29, 1.82) is 0 Å². The summed E-state index contributed by atoms with van der Waals surface area (Å²) < 4.78 is 1.48. The Hall–Kier alpha value is -4.64. The van der Waals surface area contributed by atoms with Gasteiger partial charge in [0, 0.05) is 35.6 Å². The summed E-state index contributed by atoms with van der Waals surface area (Å²) in [5.74, 6) is -1.17. The lowest BCUT2D eigenvalue weighted by molar-refractivity contribution is -0.117. The molecule has 1 atom stereocenters. The van der Waals surface area contributed by atoms with Crippen molar-refractivity contribution in [3.05, 3.63) is 95.0 Å². The van der Waals surface area contributed by atoms with E-state index in [2.05, 4.69) is 36.1 Å². The van der Waals surface area contributed by atoms with Gasteiger partial charge in [0.25, 0.3) is 0 Å². The van der Waals surface area contributed by atoms with Crippen LogP contribution in [-0.4, -0.2) is 59.7 Å². The van der Waals surface area contributed by atoms with Crippen LogP contribution in [0.1, 0.15) is 21.5 Å². The minimum absolute atomic E-state index is 0.0121. The zero-order valence-electron chi connectivity index (χ0n) is 18.8. The van der Waals surface area contributed by atoms with Crippen LogP contribution in [0.3, 0.4) is 0 Å². The SMILES string of the molecule is O=C(/C=C/c1cc(Cl)ccc1-n1cnnn1)NC(CNc1ncc(C(=O)O)cn1)Cc1ccccc1. The molecule has 0 radical (unpaired) electrons. The lowest BCUT2D eigenvalue weighted by atomic mass is 10.1. The van der Waals surface area contributed by atoms with Crippen molar-refractivity contribution < 1.29 is 14.7 Å². The number of nitrogens with zero attached hydrogens (tertiary/aromatic N) is 6. The second-order valence-corrected chi connectivity index (χ2v) is 8.10. The third-order valence-corrected chi connectivity index (χ3v) is 5.31.